The second kappa shape index (κ2) is 11.4. The number of nitrogens with one attached hydrogen (secondary N) is 1. The molecule has 0 unspecified atom stereocenters. The number of aromatic nitrogens is 6. The van der Waals surface area contributed by atoms with Crippen LogP contribution in [0, 0.1) is 11.7 Å². The van der Waals surface area contributed by atoms with Crippen molar-refractivity contribution in [2.24, 2.45) is 5.92 Å². The molecule has 226 valence electrons. The van der Waals surface area contributed by atoms with Crippen LogP contribution in [0.4, 0.5) is 22.0 Å². The molecule has 1 saturated heterocycles. The third-order valence-corrected chi connectivity index (χ3v) is 8.66. The number of anilines is 3. The van der Waals surface area contributed by atoms with Gasteiger partial charge in [0, 0.05) is 30.1 Å². The Labute approximate surface area is 253 Å². The van der Waals surface area contributed by atoms with E-state index in [1.165, 1.54) is 10.6 Å². The van der Waals surface area contributed by atoms with E-state index in [4.69, 9.17) is 5.73 Å². The Hall–Kier alpha value is -4.68. The number of piperidine rings is 1. The van der Waals surface area contributed by atoms with Crippen molar-refractivity contribution in [1.82, 2.24) is 34.2 Å². The van der Waals surface area contributed by atoms with E-state index in [1.54, 1.807) is 36.7 Å². The minimum Gasteiger partial charge on any atom is -0.392 e. The summed E-state index contributed by atoms with van der Waals surface area (Å²) in [6.07, 6.45) is 9.59. The van der Waals surface area contributed by atoms with E-state index in [9.17, 15) is 9.90 Å². The van der Waals surface area contributed by atoms with Crippen molar-refractivity contribution in [3.05, 3.63) is 82.3 Å². The number of benzene rings is 2. The first-order chi connectivity index (χ1) is 21.4. The Bertz CT molecular complexity index is 1910. The zero-order valence-corrected chi connectivity index (χ0v) is 24.4. The Balaban J connectivity index is 1.19. The summed E-state index contributed by atoms with van der Waals surface area (Å²) in [5.74, 6) is 0.828. The zero-order chi connectivity index (χ0) is 30.4. The number of likely N-dealkylation sites (tertiary alicyclic amines) is 1. The van der Waals surface area contributed by atoms with Gasteiger partial charge in [-0.25, -0.2) is 4.39 Å². The van der Waals surface area contributed by atoms with Crippen LogP contribution in [0.3, 0.4) is 0 Å². The van der Waals surface area contributed by atoms with Gasteiger partial charge in [0.2, 0.25) is 11.9 Å². The van der Waals surface area contributed by atoms with Crippen molar-refractivity contribution in [3.63, 3.8) is 0 Å². The van der Waals surface area contributed by atoms with E-state index < -0.39 is 18.0 Å². The van der Waals surface area contributed by atoms with Gasteiger partial charge in [-0.3, -0.25) is 14.0 Å². The second-order valence-corrected chi connectivity index (χ2v) is 11.9. The van der Waals surface area contributed by atoms with Gasteiger partial charge >= 0.3 is 0 Å². The number of nitrogens with two attached hydrogens (primary N) is 1. The number of rotatable bonds is 8. The quantitative estimate of drug-likeness (QED) is 0.241. The first-order valence-corrected chi connectivity index (χ1v) is 14.9. The molecule has 7 rings (SSSR count). The van der Waals surface area contributed by atoms with Gasteiger partial charge in [-0.15, -0.1) is 0 Å². The fourth-order valence-corrected chi connectivity index (χ4v) is 6.10. The molecular formula is C32H34FN9O2. The summed E-state index contributed by atoms with van der Waals surface area (Å²) in [6.45, 7) is 2.60. The van der Waals surface area contributed by atoms with Crippen LogP contribution < -0.4 is 16.6 Å². The Morgan fingerprint density at radius 1 is 1.09 bits per heavy atom. The third kappa shape index (κ3) is 5.53. The lowest BCUT2D eigenvalue weighted by molar-refractivity contribution is 0.201. The predicted octanol–water partition coefficient (Wildman–Crippen LogP) is 4.22. The summed E-state index contributed by atoms with van der Waals surface area (Å²) in [7, 11) is 2.15. The normalized spacial score (nSPS) is 16.1. The van der Waals surface area contributed by atoms with Crippen LogP contribution in [0.2, 0.25) is 0 Å². The average molecular weight is 596 g/mol. The molecule has 0 bridgehead atoms. The SMILES string of the molecule is CN1CCC(Cn2cc(Nc3nc(N)nc(-c4cccc(-n5ccc6cc(C7CC7)cc(F)c6c5=O)c4CO)n3)cn2)CC1. The van der Waals surface area contributed by atoms with E-state index in [0.29, 0.717) is 39.7 Å². The van der Waals surface area contributed by atoms with Crippen LogP contribution in [0.15, 0.2) is 59.8 Å². The van der Waals surface area contributed by atoms with Crippen LogP contribution in [0.25, 0.3) is 27.8 Å². The van der Waals surface area contributed by atoms with Crippen molar-refractivity contribution in [2.75, 3.05) is 31.2 Å². The largest absolute Gasteiger partial charge is 0.392 e. The maximum Gasteiger partial charge on any atom is 0.265 e. The highest BCUT2D eigenvalue weighted by Crippen LogP contribution is 2.41. The van der Waals surface area contributed by atoms with E-state index in [0.717, 1.165) is 50.9 Å². The van der Waals surface area contributed by atoms with Gasteiger partial charge in [0.1, 0.15) is 5.82 Å². The Kier molecular flexibility index (Phi) is 7.31. The Morgan fingerprint density at radius 2 is 1.91 bits per heavy atom. The van der Waals surface area contributed by atoms with Crippen LogP contribution >= 0.6 is 0 Å². The number of aliphatic hydroxyl groups excluding tert-OH is 1. The van der Waals surface area contributed by atoms with Crippen molar-refractivity contribution in [1.29, 1.82) is 0 Å². The monoisotopic (exact) mass is 595 g/mol. The second-order valence-electron chi connectivity index (χ2n) is 11.9. The lowest BCUT2D eigenvalue weighted by Crippen LogP contribution is -2.31. The van der Waals surface area contributed by atoms with Crippen LogP contribution in [0.5, 0.6) is 0 Å². The molecule has 0 atom stereocenters. The molecular weight excluding hydrogens is 561 g/mol. The van der Waals surface area contributed by atoms with Crippen molar-refractivity contribution < 1.29 is 9.50 Å². The van der Waals surface area contributed by atoms with Crippen LogP contribution in [0.1, 0.15) is 42.7 Å². The molecule has 0 spiro atoms. The van der Waals surface area contributed by atoms with E-state index >= 15 is 4.39 Å². The highest BCUT2D eigenvalue weighted by Gasteiger charge is 2.25. The van der Waals surface area contributed by atoms with Gasteiger partial charge in [-0.2, -0.15) is 20.1 Å². The maximum atomic E-state index is 15.2. The molecule has 11 nitrogen and oxygen atoms in total. The molecule has 0 radical (unpaired) electrons. The molecule has 4 N–H and O–H groups in total. The van der Waals surface area contributed by atoms with E-state index in [2.05, 4.69) is 37.3 Å². The molecule has 1 aliphatic heterocycles. The minimum atomic E-state index is -0.541. The maximum absolute atomic E-state index is 15.2. The molecule has 2 aliphatic rings. The Morgan fingerprint density at radius 3 is 2.68 bits per heavy atom. The molecule has 1 saturated carbocycles. The summed E-state index contributed by atoms with van der Waals surface area (Å²) in [4.78, 5) is 29.1. The highest BCUT2D eigenvalue weighted by atomic mass is 19.1. The number of pyridine rings is 1. The lowest BCUT2D eigenvalue weighted by Gasteiger charge is -2.28. The molecule has 0 amide bonds. The molecule has 2 fully saturated rings. The smallest absolute Gasteiger partial charge is 0.265 e. The zero-order valence-electron chi connectivity index (χ0n) is 24.4. The minimum absolute atomic E-state index is 0.0121. The van der Waals surface area contributed by atoms with Crippen molar-refractivity contribution in [3.8, 4) is 17.1 Å². The standard InChI is InChI=1S/C32H34FN9O2/c1-40-10-7-19(8-11-40)16-41-17-23(15-35-41)36-32-38-29(37-31(34)39-32)24-3-2-4-27(25(24)18-43)42-12-9-21-13-22(20-5-6-20)14-26(33)28(21)30(42)44/h2-4,9,12-15,17,19-20,43H,5-8,10-11,16,18H2,1H3,(H3,34,36,37,38,39). The summed E-state index contributed by atoms with van der Waals surface area (Å²) >= 11 is 0. The first kappa shape index (κ1) is 28.1. The van der Waals surface area contributed by atoms with Gasteiger partial charge < -0.3 is 21.1 Å². The number of hydrogen-bond acceptors (Lipinski definition) is 9. The van der Waals surface area contributed by atoms with Crippen LogP contribution in [-0.4, -0.2) is 59.4 Å². The summed E-state index contributed by atoms with van der Waals surface area (Å²) in [5, 5.41) is 18.7. The molecule has 44 heavy (non-hydrogen) atoms. The summed E-state index contributed by atoms with van der Waals surface area (Å²) < 4.78 is 18.5. The van der Waals surface area contributed by atoms with Gasteiger partial charge in [0.05, 0.1) is 29.6 Å². The lowest BCUT2D eigenvalue weighted by atomic mass is 9.97. The molecule has 2 aromatic carbocycles. The van der Waals surface area contributed by atoms with Crippen molar-refractivity contribution >= 4 is 28.4 Å². The molecule has 1 aliphatic carbocycles. The number of halogens is 1. The number of nitrogens with zero attached hydrogens (tertiary/aromatic N) is 7. The number of hydrogen-bond donors (Lipinski definition) is 3. The fraction of sp³-hybridized carbons (Fsp3) is 0.344. The highest BCUT2D eigenvalue weighted by molar-refractivity contribution is 5.83. The van der Waals surface area contributed by atoms with Crippen molar-refractivity contribution in [2.45, 2.75) is 44.8 Å². The summed E-state index contributed by atoms with van der Waals surface area (Å²) in [6, 6.07) is 10.3. The number of nitrogen functional groups attached to an aromatic ring is 1. The first-order valence-electron chi connectivity index (χ1n) is 14.9. The molecule has 4 heterocycles. The van der Waals surface area contributed by atoms with E-state index in [1.807, 2.05) is 16.9 Å². The predicted molar refractivity (Wildman–Crippen MR) is 166 cm³/mol. The van der Waals surface area contributed by atoms with Crippen LogP contribution in [-0.2, 0) is 13.2 Å². The molecule has 3 aromatic heterocycles. The molecule has 12 heteroatoms. The van der Waals surface area contributed by atoms with Gasteiger partial charge in [-0.1, -0.05) is 18.2 Å². The van der Waals surface area contributed by atoms with Gasteiger partial charge in [0.15, 0.2) is 5.82 Å². The average Bonchev–Trinajstić information content (AvgIpc) is 3.78. The summed E-state index contributed by atoms with van der Waals surface area (Å²) in [5.41, 5.74) is 8.47. The van der Waals surface area contributed by atoms with E-state index in [-0.39, 0.29) is 23.1 Å². The topological polar surface area (TPSA) is 140 Å². The molecule has 5 aromatic rings. The number of fused-ring (bicyclic) bond motifs is 1. The van der Waals surface area contributed by atoms with Gasteiger partial charge in [-0.05, 0) is 86.8 Å². The fourth-order valence-electron chi connectivity index (χ4n) is 6.10. The van der Waals surface area contributed by atoms with Gasteiger partial charge in [0.25, 0.3) is 5.56 Å². The third-order valence-electron chi connectivity index (χ3n) is 8.66. The number of aliphatic hydroxyl groups is 1.